The molecule has 1 amide bonds. The molecule has 0 aliphatic carbocycles. The van der Waals surface area contributed by atoms with Crippen LogP contribution in [-0.2, 0) is 4.74 Å². The molecule has 1 N–H and O–H groups in total. The van der Waals surface area contributed by atoms with Crippen LogP contribution in [0.1, 0.15) is 60.3 Å². The van der Waals surface area contributed by atoms with Crippen LogP contribution < -0.4 is 0 Å². The molecule has 0 spiro atoms. The number of amides is 1. The number of carbonyl (C=O) groups is 1. The van der Waals surface area contributed by atoms with Gasteiger partial charge in [-0.15, -0.1) is 0 Å². The van der Waals surface area contributed by atoms with Crippen molar-refractivity contribution in [3.8, 4) is 0 Å². The Bertz CT molecular complexity index is 293. The monoisotopic (exact) mass is 271 g/mol. The lowest BCUT2D eigenvalue weighted by atomic mass is 9.88. The highest BCUT2D eigenvalue weighted by atomic mass is 16.6. The predicted molar refractivity (Wildman–Crippen MR) is 76.1 cm³/mol. The van der Waals surface area contributed by atoms with Gasteiger partial charge in [0.25, 0.3) is 0 Å². The van der Waals surface area contributed by atoms with Gasteiger partial charge in [-0.3, -0.25) is 0 Å². The summed E-state index contributed by atoms with van der Waals surface area (Å²) >= 11 is 0. The summed E-state index contributed by atoms with van der Waals surface area (Å²) in [6.07, 6.45) is 3.67. The number of nitrogens with zero attached hydrogens (tertiary/aromatic N) is 1. The van der Waals surface area contributed by atoms with E-state index in [0.717, 1.165) is 38.8 Å². The molecule has 0 aromatic heterocycles. The molecule has 0 bridgehead atoms. The van der Waals surface area contributed by atoms with Crippen LogP contribution in [0.5, 0.6) is 0 Å². The average molecular weight is 271 g/mol. The summed E-state index contributed by atoms with van der Waals surface area (Å²) in [5.41, 5.74) is -1.00. The fraction of sp³-hybridized carbons (Fsp3) is 0.933. The number of likely N-dealkylation sites (tertiary alicyclic amines) is 1. The fourth-order valence-electron chi connectivity index (χ4n) is 2.29. The fourth-order valence-corrected chi connectivity index (χ4v) is 2.29. The minimum Gasteiger partial charge on any atom is -0.444 e. The average Bonchev–Trinajstić information content (AvgIpc) is 2.23. The van der Waals surface area contributed by atoms with Gasteiger partial charge in [-0.25, -0.2) is 4.79 Å². The molecular weight excluding hydrogens is 242 g/mol. The first-order valence-electron chi connectivity index (χ1n) is 7.27. The van der Waals surface area contributed by atoms with Gasteiger partial charge in [-0.1, -0.05) is 0 Å². The van der Waals surface area contributed by atoms with Crippen LogP contribution in [0.25, 0.3) is 0 Å². The third kappa shape index (κ3) is 6.81. The van der Waals surface area contributed by atoms with E-state index in [2.05, 4.69) is 0 Å². The Labute approximate surface area is 117 Å². The summed E-state index contributed by atoms with van der Waals surface area (Å²) < 4.78 is 5.37. The first kappa shape index (κ1) is 16.3. The van der Waals surface area contributed by atoms with Crippen LogP contribution >= 0.6 is 0 Å². The van der Waals surface area contributed by atoms with Gasteiger partial charge in [0.15, 0.2) is 0 Å². The van der Waals surface area contributed by atoms with Gasteiger partial charge in [0.05, 0.1) is 5.60 Å². The first-order valence-corrected chi connectivity index (χ1v) is 7.27. The summed E-state index contributed by atoms with van der Waals surface area (Å²) in [5.74, 6) is 0.616. The van der Waals surface area contributed by atoms with Gasteiger partial charge in [-0.05, 0) is 66.2 Å². The molecule has 4 nitrogen and oxygen atoms in total. The largest absolute Gasteiger partial charge is 0.444 e. The maximum Gasteiger partial charge on any atom is 0.410 e. The van der Waals surface area contributed by atoms with E-state index < -0.39 is 11.2 Å². The van der Waals surface area contributed by atoms with E-state index in [-0.39, 0.29) is 6.09 Å². The Balaban J connectivity index is 2.31. The Morgan fingerprint density at radius 3 is 2.16 bits per heavy atom. The molecule has 1 aliphatic rings. The van der Waals surface area contributed by atoms with Gasteiger partial charge in [-0.2, -0.15) is 0 Å². The molecule has 112 valence electrons. The molecule has 19 heavy (non-hydrogen) atoms. The smallest absolute Gasteiger partial charge is 0.410 e. The van der Waals surface area contributed by atoms with E-state index in [4.69, 9.17) is 4.74 Å². The molecule has 0 unspecified atom stereocenters. The molecule has 0 radical (unpaired) electrons. The SMILES string of the molecule is CC(C)(O)CCC1CCN(C(=O)OC(C)(C)C)CC1. The molecule has 0 aromatic carbocycles. The Hall–Kier alpha value is -0.770. The zero-order valence-electron chi connectivity index (χ0n) is 13.0. The molecule has 1 aliphatic heterocycles. The number of piperidine rings is 1. The summed E-state index contributed by atoms with van der Waals surface area (Å²) in [7, 11) is 0. The van der Waals surface area contributed by atoms with E-state index in [1.54, 1.807) is 4.90 Å². The standard InChI is InChI=1S/C15H29NO3/c1-14(2,3)19-13(17)16-10-7-12(8-11-16)6-9-15(4,5)18/h12,18H,6-11H2,1-5H3. The maximum atomic E-state index is 11.9. The lowest BCUT2D eigenvalue weighted by Crippen LogP contribution is -2.41. The molecule has 0 aromatic rings. The van der Waals surface area contributed by atoms with Crippen molar-refractivity contribution in [3.05, 3.63) is 0 Å². The molecule has 1 saturated heterocycles. The molecule has 0 atom stereocenters. The lowest BCUT2D eigenvalue weighted by Gasteiger charge is -2.34. The summed E-state index contributed by atoms with van der Waals surface area (Å²) in [6.45, 7) is 10.9. The number of hydrogen-bond acceptors (Lipinski definition) is 3. The highest BCUT2D eigenvalue weighted by Gasteiger charge is 2.27. The minimum absolute atomic E-state index is 0.201. The van der Waals surface area contributed by atoms with Crippen LogP contribution in [0.2, 0.25) is 0 Å². The lowest BCUT2D eigenvalue weighted by molar-refractivity contribution is 0.0156. The number of carbonyl (C=O) groups excluding carboxylic acids is 1. The Morgan fingerprint density at radius 1 is 1.21 bits per heavy atom. The second kappa shape index (κ2) is 6.12. The van der Waals surface area contributed by atoms with Crippen LogP contribution in [0.3, 0.4) is 0 Å². The molecule has 1 heterocycles. The van der Waals surface area contributed by atoms with E-state index in [1.165, 1.54) is 0 Å². The third-order valence-electron chi connectivity index (χ3n) is 3.43. The maximum absolute atomic E-state index is 11.9. The van der Waals surface area contributed by atoms with Gasteiger partial charge in [0.2, 0.25) is 0 Å². The van der Waals surface area contributed by atoms with Crippen molar-refractivity contribution in [2.75, 3.05) is 13.1 Å². The first-order chi connectivity index (χ1) is 8.57. The van der Waals surface area contributed by atoms with Crippen LogP contribution in [0.4, 0.5) is 4.79 Å². The van der Waals surface area contributed by atoms with Gasteiger partial charge in [0, 0.05) is 13.1 Å². The number of aliphatic hydroxyl groups is 1. The topological polar surface area (TPSA) is 49.8 Å². The number of ether oxygens (including phenoxy) is 1. The third-order valence-corrected chi connectivity index (χ3v) is 3.43. The molecule has 0 saturated carbocycles. The van der Waals surface area contributed by atoms with E-state index in [9.17, 15) is 9.90 Å². The minimum atomic E-state index is -0.581. The summed E-state index contributed by atoms with van der Waals surface area (Å²) in [6, 6.07) is 0. The van der Waals surface area contributed by atoms with Crippen molar-refractivity contribution in [2.24, 2.45) is 5.92 Å². The van der Waals surface area contributed by atoms with Crippen molar-refractivity contribution in [1.29, 1.82) is 0 Å². The number of hydrogen-bond donors (Lipinski definition) is 1. The van der Waals surface area contributed by atoms with E-state index >= 15 is 0 Å². The van der Waals surface area contributed by atoms with Crippen LogP contribution in [0, 0.1) is 5.92 Å². The van der Waals surface area contributed by atoms with Gasteiger partial charge in [0.1, 0.15) is 5.60 Å². The number of rotatable bonds is 3. The molecular formula is C15H29NO3. The second-order valence-corrected chi connectivity index (χ2v) is 7.26. The Kier molecular flexibility index (Phi) is 5.25. The summed E-state index contributed by atoms with van der Waals surface area (Å²) in [5, 5.41) is 9.73. The molecule has 1 rings (SSSR count). The van der Waals surface area contributed by atoms with Gasteiger partial charge >= 0.3 is 6.09 Å². The van der Waals surface area contributed by atoms with Crippen molar-refractivity contribution < 1.29 is 14.6 Å². The zero-order chi connectivity index (χ0) is 14.7. The molecule has 4 heteroatoms. The Morgan fingerprint density at radius 2 is 1.74 bits per heavy atom. The second-order valence-electron chi connectivity index (χ2n) is 7.26. The van der Waals surface area contributed by atoms with Crippen molar-refractivity contribution in [3.63, 3.8) is 0 Å². The van der Waals surface area contributed by atoms with Crippen molar-refractivity contribution in [1.82, 2.24) is 4.90 Å². The zero-order valence-corrected chi connectivity index (χ0v) is 13.0. The van der Waals surface area contributed by atoms with Crippen LogP contribution in [0.15, 0.2) is 0 Å². The highest BCUT2D eigenvalue weighted by Crippen LogP contribution is 2.25. The van der Waals surface area contributed by atoms with E-state index in [1.807, 2.05) is 34.6 Å². The van der Waals surface area contributed by atoms with Gasteiger partial charge < -0.3 is 14.7 Å². The van der Waals surface area contributed by atoms with Crippen molar-refractivity contribution >= 4 is 6.09 Å². The molecule has 1 fully saturated rings. The van der Waals surface area contributed by atoms with Crippen LogP contribution in [-0.4, -0.2) is 40.4 Å². The highest BCUT2D eigenvalue weighted by molar-refractivity contribution is 5.68. The van der Waals surface area contributed by atoms with E-state index in [0.29, 0.717) is 5.92 Å². The predicted octanol–water partition coefficient (Wildman–Crippen LogP) is 3.18. The summed E-state index contributed by atoms with van der Waals surface area (Å²) in [4.78, 5) is 13.7. The quantitative estimate of drug-likeness (QED) is 0.857. The normalized spacial score (nSPS) is 18.5. The van der Waals surface area contributed by atoms with Crippen molar-refractivity contribution in [2.45, 2.75) is 71.5 Å².